The van der Waals surface area contributed by atoms with Crippen molar-refractivity contribution in [3.8, 4) is 6.07 Å². The Morgan fingerprint density at radius 3 is 1.92 bits per heavy atom. The van der Waals surface area contributed by atoms with Crippen LogP contribution in [0.5, 0.6) is 0 Å². The van der Waals surface area contributed by atoms with E-state index in [0.29, 0.717) is 18.8 Å². The van der Waals surface area contributed by atoms with Gasteiger partial charge in [-0.1, -0.05) is 12.7 Å². The van der Waals surface area contributed by atoms with Crippen molar-refractivity contribution in [1.29, 1.82) is 5.26 Å². The Morgan fingerprint density at radius 1 is 1.33 bits per heavy atom. The molecule has 0 bridgehead atoms. The van der Waals surface area contributed by atoms with E-state index in [-0.39, 0.29) is 6.61 Å². The molecule has 140 valence electrons. The number of ether oxygens (including phenoxy) is 4. The molecule has 0 saturated carbocycles. The third kappa shape index (κ3) is 42.8. The molecule has 3 saturated heterocycles. The molecule has 0 aromatic heterocycles. The van der Waals surface area contributed by atoms with Gasteiger partial charge in [0.25, 0.3) is 0 Å². The molecule has 3 heterocycles. The van der Waals surface area contributed by atoms with Gasteiger partial charge in [-0.15, -0.1) is 6.58 Å². The monoisotopic (exact) mass is 345 g/mol. The lowest BCUT2D eigenvalue weighted by Crippen LogP contribution is -2.03. The van der Waals surface area contributed by atoms with Crippen molar-refractivity contribution in [2.75, 3.05) is 46.2 Å². The maximum absolute atomic E-state index is 8.11. The second-order valence-electron chi connectivity index (χ2n) is 4.90. The molecule has 0 aliphatic carbocycles. The number of hydrogen-bond donors (Lipinski definition) is 2. The van der Waals surface area contributed by atoms with Crippen LogP contribution in [-0.4, -0.2) is 74.8 Å². The van der Waals surface area contributed by atoms with Crippen LogP contribution >= 0.6 is 0 Å². The van der Waals surface area contributed by atoms with E-state index in [2.05, 4.69) is 24.8 Å². The average Bonchev–Trinajstić information content (AvgIpc) is 3.43. The molecule has 3 fully saturated rings. The summed E-state index contributed by atoms with van der Waals surface area (Å²) in [6.45, 7) is 15.3. The van der Waals surface area contributed by atoms with Crippen LogP contribution in [0.15, 0.2) is 25.3 Å². The highest BCUT2D eigenvalue weighted by Gasteiger charge is 2.21. The van der Waals surface area contributed by atoms with Crippen LogP contribution in [0.3, 0.4) is 0 Å². The fourth-order valence-corrected chi connectivity index (χ4v) is 0.543. The van der Waals surface area contributed by atoms with Gasteiger partial charge in [-0.25, -0.2) is 0 Å². The standard InChI is InChI=1S/C6H10O2.C3H3N.C3H8O2.C3H6O.C2H4O/c1-2-3-7-4-6-5-8-6;1-2-3-4;1-3(5)2-4;1-3-2-4-3;1-2-3-1/h2,6H,1,3-5H2;2H,1H2;3-5H,2H2,1H3;3H,2H2,1H3;1-2H2. The number of aliphatic hydroxyl groups is 2. The first-order valence-electron chi connectivity index (χ1n) is 7.80. The topological polar surface area (TPSA) is 111 Å². The molecule has 3 rings (SSSR count). The van der Waals surface area contributed by atoms with E-state index in [0.717, 1.165) is 33.0 Å². The van der Waals surface area contributed by atoms with Crippen molar-refractivity contribution in [3.63, 3.8) is 0 Å². The van der Waals surface area contributed by atoms with E-state index in [9.17, 15) is 0 Å². The van der Waals surface area contributed by atoms with Crippen molar-refractivity contribution < 1.29 is 29.2 Å². The van der Waals surface area contributed by atoms with Crippen molar-refractivity contribution in [2.24, 2.45) is 0 Å². The highest BCUT2D eigenvalue weighted by molar-refractivity contribution is 4.93. The summed E-state index contributed by atoms with van der Waals surface area (Å²) in [4.78, 5) is 0. The Morgan fingerprint density at radius 2 is 1.75 bits per heavy atom. The molecule has 0 spiro atoms. The number of epoxide rings is 3. The first-order chi connectivity index (χ1) is 11.5. The van der Waals surface area contributed by atoms with E-state index in [1.165, 1.54) is 13.0 Å². The predicted octanol–water partition coefficient (Wildman–Crippen LogP) is 1.06. The fraction of sp³-hybridized carbons (Fsp3) is 0.706. The lowest BCUT2D eigenvalue weighted by molar-refractivity contribution is 0.110. The molecule has 0 radical (unpaired) electrons. The van der Waals surface area contributed by atoms with E-state index < -0.39 is 6.10 Å². The Hall–Kier alpha value is -1.27. The zero-order valence-electron chi connectivity index (χ0n) is 14.7. The minimum absolute atomic E-state index is 0.139. The molecule has 3 unspecified atom stereocenters. The lowest BCUT2D eigenvalue weighted by atomic mass is 10.5. The molecular weight excluding hydrogens is 314 g/mol. The number of rotatable bonds is 5. The first-order valence-corrected chi connectivity index (χ1v) is 7.80. The van der Waals surface area contributed by atoms with Crippen LogP contribution in [0.25, 0.3) is 0 Å². The molecular formula is C17H31NO6. The third-order valence-electron chi connectivity index (χ3n) is 2.00. The summed E-state index contributed by atoms with van der Waals surface area (Å²) in [5.74, 6) is 0. The minimum Gasteiger partial charge on any atom is -0.394 e. The summed E-state index contributed by atoms with van der Waals surface area (Å²) in [5.41, 5.74) is 0. The van der Waals surface area contributed by atoms with Crippen LogP contribution in [0, 0.1) is 11.3 Å². The van der Waals surface area contributed by atoms with Crippen molar-refractivity contribution in [2.45, 2.75) is 32.2 Å². The Labute approximate surface area is 145 Å². The molecule has 0 amide bonds. The summed E-state index contributed by atoms with van der Waals surface area (Å²) in [5, 5.41) is 23.5. The van der Waals surface area contributed by atoms with Gasteiger partial charge in [-0.05, 0) is 13.8 Å². The predicted molar refractivity (Wildman–Crippen MR) is 91.6 cm³/mol. The number of nitriles is 1. The van der Waals surface area contributed by atoms with Crippen LogP contribution in [-0.2, 0) is 18.9 Å². The highest BCUT2D eigenvalue weighted by Crippen LogP contribution is 2.07. The molecule has 0 aromatic rings. The average molecular weight is 345 g/mol. The molecule has 0 aromatic carbocycles. The van der Waals surface area contributed by atoms with Gasteiger partial charge in [0.1, 0.15) is 6.10 Å². The van der Waals surface area contributed by atoms with Crippen LogP contribution in [0.1, 0.15) is 13.8 Å². The van der Waals surface area contributed by atoms with Crippen molar-refractivity contribution >= 4 is 0 Å². The number of nitrogens with zero attached hydrogens (tertiary/aromatic N) is 1. The largest absolute Gasteiger partial charge is 0.394 e. The summed E-state index contributed by atoms with van der Waals surface area (Å²) < 4.78 is 19.2. The second kappa shape index (κ2) is 19.8. The quantitative estimate of drug-likeness (QED) is 0.332. The molecule has 3 atom stereocenters. The molecule has 3 aliphatic rings. The molecule has 7 heteroatoms. The Bertz CT molecular complexity index is 317. The third-order valence-corrected chi connectivity index (χ3v) is 2.00. The number of aliphatic hydroxyl groups excluding tert-OH is 2. The van der Waals surface area contributed by atoms with E-state index in [1.54, 1.807) is 12.1 Å². The zero-order chi connectivity index (χ0) is 18.6. The molecule has 24 heavy (non-hydrogen) atoms. The summed E-state index contributed by atoms with van der Waals surface area (Å²) >= 11 is 0. The Kier molecular flexibility index (Phi) is 20.6. The lowest BCUT2D eigenvalue weighted by Gasteiger charge is -1.92. The van der Waals surface area contributed by atoms with Crippen LogP contribution in [0.2, 0.25) is 0 Å². The number of allylic oxidation sites excluding steroid dienone is 1. The van der Waals surface area contributed by atoms with Gasteiger partial charge in [0.15, 0.2) is 0 Å². The normalized spacial score (nSPS) is 21.8. The van der Waals surface area contributed by atoms with Gasteiger partial charge in [-0.2, -0.15) is 5.26 Å². The fourth-order valence-electron chi connectivity index (χ4n) is 0.543. The van der Waals surface area contributed by atoms with E-state index in [4.69, 9.17) is 29.7 Å². The number of hydrogen-bond acceptors (Lipinski definition) is 7. The van der Waals surface area contributed by atoms with Crippen LogP contribution in [0.4, 0.5) is 0 Å². The zero-order valence-corrected chi connectivity index (χ0v) is 14.7. The van der Waals surface area contributed by atoms with Crippen molar-refractivity contribution in [1.82, 2.24) is 0 Å². The highest BCUT2D eigenvalue weighted by atomic mass is 16.6. The summed E-state index contributed by atoms with van der Waals surface area (Å²) in [6, 6.07) is 1.69. The van der Waals surface area contributed by atoms with Crippen LogP contribution < -0.4 is 0 Å². The summed E-state index contributed by atoms with van der Waals surface area (Å²) in [6.07, 6.45) is 3.33. The first kappa shape index (κ1) is 25.0. The maximum Gasteiger partial charge on any atom is 0.104 e. The van der Waals surface area contributed by atoms with Gasteiger partial charge in [0.2, 0.25) is 0 Å². The molecule has 2 N–H and O–H groups in total. The summed E-state index contributed by atoms with van der Waals surface area (Å²) in [7, 11) is 0. The maximum atomic E-state index is 8.11. The van der Waals surface area contributed by atoms with E-state index >= 15 is 0 Å². The van der Waals surface area contributed by atoms with Gasteiger partial charge < -0.3 is 29.2 Å². The minimum atomic E-state index is -0.560. The SMILES string of the molecule is C1CO1.C=CC#N.C=CCOCC1CO1.CC(O)CO.CC1CO1. The van der Waals surface area contributed by atoms with Crippen molar-refractivity contribution in [3.05, 3.63) is 25.3 Å². The van der Waals surface area contributed by atoms with Gasteiger partial charge in [0, 0.05) is 6.08 Å². The molecule has 7 nitrogen and oxygen atoms in total. The second-order valence-corrected chi connectivity index (χ2v) is 4.90. The van der Waals surface area contributed by atoms with Gasteiger partial charge >= 0.3 is 0 Å². The van der Waals surface area contributed by atoms with E-state index in [1.807, 2.05) is 0 Å². The van der Waals surface area contributed by atoms with Gasteiger partial charge in [-0.3, -0.25) is 0 Å². The Balaban J connectivity index is 0. The van der Waals surface area contributed by atoms with Gasteiger partial charge in [0.05, 0.1) is 64.5 Å². The molecule has 3 aliphatic heterocycles. The smallest absolute Gasteiger partial charge is 0.104 e.